The van der Waals surface area contributed by atoms with Crippen molar-refractivity contribution in [3.8, 4) is 5.75 Å². The molecule has 5 rings (SSSR count). The molecule has 1 fully saturated rings. The molecule has 0 radical (unpaired) electrons. The number of rotatable bonds is 6. The van der Waals surface area contributed by atoms with Gasteiger partial charge in [-0.3, -0.25) is 9.59 Å². The zero-order chi connectivity index (χ0) is 23.0. The first-order chi connectivity index (χ1) is 16.0. The highest BCUT2D eigenvalue weighted by Crippen LogP contribution is 2.36. The first-order valence-corrected chi connectivity index (χ1v) is 12.8. The van der Waals surface area contributed by atoms with Crippen LogP contribution in [0.4, 0.5) is 0 Å². The molecule has 0 saturated heterocycles. The molecule has 1 aliphatic carbocycles. The molecule has 2 aromatic heterocycles. The Bertz CT molecular complexity index is 1180. The van der Waals surface area contributed by atoms with Crippen molar-refractivity contribution in [3.63, 3.8) is 0 Å². The summed E-state index contributed by atoms with van der Waals surface area (Å²) in [6, 6.07) is 12.0. The molecule has 1 saturated carbocycles. The van der Waals surface area contributed by atoms with E-state index in [1.54, 1.807) is 16.2 Å². The third-order valence-corrected chi connectivity index (χ3v) is 7.93. The Kier molecular flexibility index (Phi) is 5.91. The number of carbonyl (C=O) groups is 2. The maximum atomic E-state index is 13.9. The Morgan fingerprint density at radius 3 is 2.79 bits per heavy atom. The van der Waals surface area contributed by atoms with E-state index in [9.17, 15) is 9.59 Å². The van der Waals surface area contributed by atoms with E-state index in [-0.39, 0.29) is 17.9 Å². The van der Waals surface area contributed by atoms with Gasteiger partial charge in [0.05, 0.1) is 29.9 Å². The van der Waals surface area contributed by atoms with Crippen molar-refractivity contribution in [1.29, 1.82) is 0 Å². The fraction of sp³-hybridized carbons (Fsp3) is 0.462. The van der Waals surface area contributed by atoms with Crippen molar-refractivity contribution in [2.75, 3.05) is 6.61 Å². The van der Waals surface area contributed by atoms with Crippen LogP contribution in [0.2, 0.25) is 0 Å². The monoisotopic (exact) mass is 465 g/mol. The summed E-state index contributed by atoms with van der Waals surface area (Å²) in [5.41, 5.74) is 1.57. The molecule has 1 aliphatic heterocycles. The lowest BCUT2D eigenvalue weighted by Gasteiger charge is -2.45. The van der Waals surface area contributed by atoms with Gasteiger partial charge in [-0.25, -0.2) is 0 Å². The average molecular weight is 466 g/mol. The molecular formula is C26H31N3O3S. The molecule has 0 unspecified atom stereocenters. The van der Waals surface area contributed by atoms with Crippen LogP contribution in [-0.4, -0.2) is 39.5 Å². The minimum atomic E-state index is -1.01. The fourth-order valence-corrected chi connectivity index (χ4v) is 6.03. The van der Waals surface area contributed by atoms with E-state index in [0.717, 1.165) is 47.2 Å². The molecule has 1 N–H and O–H groups in total. The van der Waals surface area contributed by atoms with E-state index in [1.807, 2.05) is 60.2 Å². The van der Waals surface area contributed by atoms with Crippen molar-refractivity contribution < 1.29 is 14.3 Å². The highest BCUT2D eigenvalue weighted by molar-refractivity contribution is 7.17. The van der Waals surface area contributed by atoms with Crippen molar-refractivity contribution in [3.05, 3.63) is 53.0 Å². The molecule has 1 atom stereocenters. The topological polar surface area (TPSA) is 63.6 Å². The van der Waals surface area contributed by atoms with Gasteiger partial charge in [-0.1, -0.05) is 37.5 Å². The van der Waals surface area contributed by atoms with Crippen LogP contribution in [0.25, 0.3) is 10.2 Å². The van der Waals surface area contributed by atoms with Crippen LogP contribution in [0.5, 0.6) is 5.75 Å². The van der Waals surface area contributed by atoms with Crippen LogP contribution >= 0.6 is 11.3 Å². The second kappa shape index (κ2) is 8.86. The predicted molar refractivity (Wildman–Crippen MR) is 131 cm³/mol. The van der Waals surface area contributed by atoms with Gasteiger partial charge < -0.3 is 19.5 Å². The number of fused-ring (bicyclic) bond motifs is 3. The SMILES string of the molecule is CCOc1ccccc1CN1C(=O)c2cc3sccc3n2C[C@]1(C)C(=O)NC1CCCCC1. The molecule has 2 amide bonds. The first-order valence-electron chi connectivity index (χ1n) is 11.9. The molecule has 7 heteroatoms. The fourth-order valence-electron chi connectivity index (χ4n) is 5.21. The lowest BCUT2D eigenvalue weighted by atomic mass is 9.91. The highest BCUT2D eigenvalue weighted by atomic mass is 32.1. The lowest BCUT2D eigenvalue weighted by Crippen LogP contribution is -2.64. The van der Waals surface area contributed by atoms with E-state index in [1.165, 1.54) is 6.42 Å². The average Bonchev–Trinajstić information content (AvgIpc) is 3.41. The van der Waals surface area contributed by atoms with Crippen molar-refractivity contribution >= 4 is 33.4 Å². The summed E-state index contributed by atoms with van der Waals surface area (Å²) in [6.07, 6.45) is 5.52. The lowest BCUT2D eigenvalue weighted by molar-refractivity contribution is -0.134. The molecule has 3 heterocycles. The minimum Gasteiger partial charge on any atom is -0.494 e. The van der Waals surface area contributed by atoms with Crippen LogP contribution < -0.4 is 10.1 Å². The normalized spacial score (nSPS) is 21.3. The van der Waals surface area contributed by atoms with Gasteiger partial charge in [0.25, 0.3) is 5.91 Å². The van der Waals surface area contributed by atoms with Gasteiger partial charge in [0.2, 0.25) is 5.91 Å². The summed E-state index contributed by atoms with van der Waals surface area (Å²) < 4.78 is 8.93. The molecule has 1 aromatic carbocycles. The van der Waals surface area contributed by atoms with Gasteiger partial charge in [-0.2, -0.15) is 0 Å². The molecule has 33 heavy (non-hydrogen) atoms. The van der Waals surface area contributed by atoms with Crippen molar-refractivity contribution in [2.24, 2.45) is 0 Å². The number of thiophene rings is 1. The number of amides is 2. The molecule has 174 valence electrons. The number of carbonyl (C=O) groups excluding carboxylic acids is 2. The largest absolute Gasteiger partial charge is 0.494 e. The Morgan fingerprint density at radius 1 is 1.21 bits per heavy atom. The number of ether oxygens (including phenoxy) is 1. The van der Waals surface area contributed by atoms with E-state index in [4.69, 9.17) is 4.74 Å². The second-order valence-electron chi connectivity index (χ2n) is 9.30. The number of hydrogen-bond acceptors (Lipinski definition) is 4. The smallest absolute Gasteiger partial charge is 0.271 e. The summed E-state index contributed by atoms with van der Waals surface area (Å²) in [5, 5.41) is 5.33. The van der Waals surface area contributed by atoms with Crippen LogP contribution in [0.3, 0.4) is 0 Å². The predicted octanol–water partition coefficient (Wildman–Crippen LogP) is 4.97. The second-order valence-corrected chi connectivity index (χ2v) is 10.2. The van der Waals surface area contributed by atoms with E-state index in [0.29, 0.717) is 25.4 Å². The van der Waals surface area contributed by atoms with Crippen LogP contribution in [0, 0.1) is 0 Å². The Morgan fingerprint density at radius 2 is 2.00 bits per heavy atom. The van der Waals surface area contributed by atoms with Gasteiger partial charge in [0.1, 0.15) is 17.0 Å². The zero-order valence-corrected chi connectivity index (χ0v) is 20.1. The maximum Gasteiger partial charge on any atom is 0.271 e. The van der Waals surface area contributed by atoms with Crippen LogP contribution in [0.1, 0.15) is 62.0 Å². The molecule has 0 bridgehead atoms. The van der Waals surface area contributed by atoms with Gasteiger partial charge in [0, 0.05) is 11.6 Å². The Hall–Kier alpha value is -2.80. The molecule has 2 aliphatic rings. The summed E-state index contributed by atoms with van der Waals surface area (Å²) in [7, 11) is 0. The van der Waals surface area contributed by atoms with E-state index < -0.39 is 5.54 Å². The summed E-state index contributed by atoms with van der Waals surface area (Å²) in [6.45, 7) is 5.16. The Balaban J connectivity index is 1.54. The van der Waals surface area contributed by atoms with Crippen LogP contribution in [-0.2, 0) is 17.9 Å². The summed E-state index contributed by atoms with van der Waals surface area (Å²) in [4.78, 5) is 29.4. The van der Waals surface area contributed by atoms with Crippen molar-refractivity contribution in [1.82, 2.24) is 14.8 Å². The molecule has 6 nitrogen and oxygen atoms in total. The highest BCUT2D eigenvalue weighted by Gasteiger charge is 2.48. The number of nitrogens with zero attached hydrogens (tertiary/aromatic N) is 2. The number of hydrogen-bond donors (Lipinski definition) is 1. The summed E-state index contributed by atoms with van der Waals surface area (Å²) in [5.74, 6) is 0.571. The molecular weight excluding hydrogens is 434 g/mol. The molecule has 0 spiro atoms. The number of benzene rings is 1. The van der Waals surface area contributed by atoms with Gasteiger partial charge >= 0.3 is 0 Å². The third kappa shape index (κ3) is 3.92. The zero-order valence-electron chi connectivity index (χ0n) is 19.3. The number of para-hydroxylation sites is 1. The minimum absolute atomic E-state index is 0.0700. The molecule has 3 aromatic rings. The number of aromatic nitrogens is 1. The van der Waals surface area contributed by atoms with Crippen LogP contribution in [0.15, 0.2) is 41.8 Å². The van der Waals surface area contributed by atoms with Gasteiger partial charge in [0.15, 0.2) is 0 Å². The van der Waals surface area contributed by atoms with Crippen molar-refractivity contribution in [2.45, 2.75) is 70.6 Å². The number of nitrogens with one attached hydrogen (secondary N) is 1. The quantitative estimate of drug-likeness (QED) is 0.559. The Labute approximate surface area is 198 Å². The van der Waals surface area contributed by atoms with Gasteiger partial charge in [-0.15, -0.1) is 11.3 Å². The van der Waals surface area contributed by atoms with E-state index in [2.05, 4.69) is 5.32 Å². The standard InChI is InChI=1S/C26H31N3O3S/c1-3-32-22-12-8-7-9-18(22)16-29-24(30)21-15-23-20(13-14-33-23)28(21)17-26(29,2)25(31)27-19-10-5-4-6-11-19/h7-9,12-15,19H,3-6,10-11,16-17H2,1-2H3,(H,27,31)/t26-/m1/s1. The summed E-state index contributed by atoms with van der Waals surface area (Å²) >= 11 is 1.62. The van der Waals surface area contributed by atoms with Gasteiger partial charge in [-0.05, 0) is 50.3 Å². The third-order valence-electron chi connectivity index (χ3n) is 7.08. The van der Waals surface area contributed by atoms with E-state index >= 15 is 0 Å². The first kappa shape index (κ1) is 22.0. The maximum absolute atomic E-state index is 13.9.